The van der Waals surface area contributed by atoms with Crippen LogP contribution >= 0.6 is 0 Å². The van der Waals surface area contributed by atoms with E-state index >= 15 is 0 Å². The summed E-state index contributed by atoms with van der Waals surface area (Å²) in [5.41, 5.74) is 0. The molecule has 0 bridgehead atoms. The zero-order chi connectivity index (χ0) is 10.6. The highest BCUT2D eigenvalue weighted by Gasteiger charge is 2.25. The maximum absolute atomic E-state index is 13.2. The van der Waals surface area contributed by atoms with E-state index in [1.165, 1.54) is 0 Å². The lowest BCUT2D eigenvalue weighted by Gasteiger charge is -2.23. The molecule has 0 saturated carbocycles. The van der Waals surface area contributed by atoms with Crippen molar-refractivity contribution in [2.75, 3.05) is 25.1 Å². The van der Waals surface area contributed by atoms with Crippen LogP contribution in [0.5, 0.6) is 0 Å². The SMILES string of the molecule is CNCC(F)CC1CCS(=O)(=O)CC1. The lowest BCUT2D eigenvalue weighted by molar-refractivity contribution is 0.253. The smallest absolute Gasteiger partial charge is 0.150 e. The number of halogens is 1. The summed E-state index contributed by atoms with van der Waals surface area (Å²) in [4.78, 5) is 0. The van der Waals surface area contributed by atoms with Crippen LogP contribution in [0.3, 0.4) is 0 Å². The van der Waals surface area contributed by atoms with Gasteiger partial charge in [0.05, 0.1) is 11.5 Å². The molecule has 1 rings (SSSR count). The fourth-order valence-electron chi connectivity index (χ4n) is 1.84. The monoisotopic (exact) mass is 223 g/mol. The minimum Gasteiger partial charge on any atom is -0.317 e. The Morgan fingerprint density at radius 1 is 1.43 bits per heavy atom. The first-order valence-corrected chi connectivity index (χ1v) is 6.85. The zero-order valence-electron chi connectivity index (χ0n) is 8.50. The minimum absolute atomic E-state index is 0.240. The molecular weight excluding hydrogens is 205 g/mol. The number of alkyl halides is 1. The third kappa shape index (κ3) is 3.92. The Labute approximate surface area is 85.0 Å². The minimum atomic E-state index is -2.80. The predicted molar refractivity (Wildman–Crippen MR) is 54.8 cm³/mol. The van der Waals surface area contributed by atoms with Gasteiger partial charge in [-0.1, -0.05) is 0 Å². The van der Waals surface area contributed by atoms with E-state index < -0.39 is 16.0 Å². The maximum atomic E-state index is 13.2. The molecule has 1 heterocycles. The van der Waals surface area contributed by atoms with Gasteiger partial charge in [-0.15, -0.1) is 0 Å². The predicted octanol–water partition coefficient (Wildman–Crippen LogP) is 0.759. The summed E-state index contributed by atoms with van der Waals surface area (Å²) in [6.45, 7) is 0.364. The van der Waals surface area contributed by atoms with Crippen molar-refractivity contribution in [2.24, 2.45) is 5.92 Å². The lowest BCUT2D eigenvalue weighted by Crippen LogP contribution is -2.28. The highest BCUT2D eigenvalue weighted by Crippen LogP contribution is 2.23. The van der Waals surface area contributed by atoms with Gasteiger partial charge in [0, 0.05) is 6.54 Å². The quantitative estimate of drug-likeness (QED) is 0.765. The first kappa shape index (κ1) is 11.9. The molecule has 1 unspecified atom stereocenters. The average molecular weight is 223 g/mol. The van der Waals surface area contributed by atoms with Crippen LogP contribution in [-0.4, -0.2) is 39.7 Å². The molecule has 1 atom stereocenters. The normalized spacial score (nSPS) is 24.7. The van der Waals surface area contributed by atoms with Crippen LogP contribution in [0.4, 0.5) is 4.39 Å². The van der Waals surface area contributed by atoms with Gasteiger partial charge in [0.25, 0.3) is 0 Å². The Hall–Kier alpha value is -0.160. The Morgan fingerprint density at radius 2 is 2.00 bits per heavy atom. The Kier molecular flexibility index (Phi) is 4.31. The van der Waals surface area contributed by atoms with Gasteiger partial charge in [0.15, 0.2) is 0 Å². The van der Waals surface area contributed by atoms with Crippen LogP contribution in [0.1, 0.15) is 19.3 Å². The van der Waals surface area contributed by atoms with Gasteiger partial charge in [-0.25, -0.2) is 12.8 Å². The summed E-state index contributed by atoms with van der Waals surface area (Å²) in [6.07, 6.45) is 0.917. The molecule has 1 aliphatic rings. The van der Waals surface area contributed by atoms with Gasteiger partial charge in [0.2, 0.25) is 0 Å². The van der Waals surface area contributed by atoms with Gasteiger partial charge >= 0.3 is 0 Å². The summed E-state index contributed by atoms with van der Waals surface area (Å²) < 4.78 is 35.4. The molecule has 1 saturated heterocycles. The second-order valence-electron chi connectivity index (χ2n) is 3.99. The fraction of sp³-hybridized carbons (Fsp3) is 1.00. The van der Waals surface area contributed by atoms with Crippen molar-refractivity contribution in [3.8, 4) is 0 Å². The van der Waals surface area contributed by atoms with Crippen molar-refractivity contribution in [2.45, 2.75) is 25.4 Å². The molecular formula is C9H18FNO2S. The molecule has 0 aliphatic carbocycles. The molecule has 1 fully saturated rings. The van der Waals surface area contributed by atoms with E-state index in [1.54, 1.807) is 7.05 Å². The molecule has 0 radical (unpaired) electrons. The number of hydrogen-bond donors (Lipinski definition) is 1. The molecule has 3 nitrogen and oxygen atoms in total. The van der Waals surface area contributed by atoms with Crippen LogP contribution in [-0.2, 0) is 9.84 Å². The molecule has 14 heavy (non-hydrogen) atoms. The van der Waals surface area contributed by atoms with E-state index in [0.29, 0.717) is 25.8 Å². The van der Waals surface area contributed by atoms with E-state index in [2.05, 4.69) is 5.32 Å². The van der Waals surface area contributed by atoms with Crippen molar-refractivity contribution in [1.29, 1.82) is 0 Å². The first-order valence-electron chi connectivity index (χ1n) is 5.02. The number of sulfone groups is 1. The largest absolute Gasteiger partial charge is 0.317 e. The first-order chi connectivity index (χ1) is 6.53. The van der Waals surface area contributed by atoms with Crippen molar-refractivity contribution < 1.29 is 12.8 Å². The summed E-state index contributed by atoms with van der Waals surface area (Å²) in [7, 11) is -1.08. The fourth-order valence-corrected chi connectivity index (χ4v) is 3.43. The Balaban J connectivity index is 2.29. The lowest BCUT2D eigenvalue weighted by atomic mass is 9.96. The van der Waals surface area contributed by atoms with Crippen LogP contribution in [0.25, 0.3) is 0 Å². The third-order valence-electron chi connectivity index (χ3n) is 2.69. The van der Waals surface area contributed by atoms with E-state index in [9.17, 15) is 12.8 Å². The van der Waals surface area contributed by atoms with E-state index in [1.807, 2.05) is 0 Å². The topological polar surface area (TPSA) is 46.2 Å². The Bertz CT molecular complexity index is 252. The van der Waals surface area contributed by atoms with Gasteiger partial charge in [-0.3, -0.25) is 0 Å². The van der Waals surface area contributed by atoms with Gasteiger partial charge in [0.1, 0.15) is 16.0 Å². The average Bonchev–Trinajstić information content (AvgIpc) is 2.09. The highest BCUT2D eigenvalue weighted by atomic mass is 32.2. The summed E-state index contributed by atoms with van der Waals surface area (Å²) >= 11 is 0. The van der Waals surface area contributed by atoms with E-state index in [4.69, 9.17) is 0 Å². The second-order valence-corrected chi connectivity index (χ2v) is 6.29. The van der Waals surface area contributed by atoms with Gasteiger partial charge in [-0.2, -0.15) is 0 Å². The van der Waals surface area contributed by atoms with E-state index in [0.717, 1.165) is 0 Å². The second kappa shape index (κ2) is 5.07. The summed E-state index contributed by atoms with van der Waals surface area (Å²) in [5.74, 6) is 0.732. The molecule has 84 valence electrons. The van der Waals surface area contributed by atoms with Crippen LogP contribution in [0.15, 0.2) is 0 Å². The highest BCUT2D eigenvalue weighted by molar-refractivity contribution is 7.91. The van der Waals surface area contributed by atoms with Crippen molar-refractivity contribution >= 4 is 9.84 Å². The molecule has 5 heteroatoms. The maximum Gasteiger partial charge on any atom is 0.150 e. The molecule has 0 aromatic carbocycles. The zero-order valence-corrected chi connectivity index (χ0v) is 9.32. The number of hydrogen-bond acceptors (Lipinski definition) is 3. The van der Waals surface area contributed by atoms with Crippen molar-refractivity contribution in [1.82, 2.24) is 5.32 Å². The summed E-state index contributed by atoms with van der Waals surface area (Å²) in [5, 5.41) is 2.78. The molecule has 0 spiro atoms. The number of rotatable bonds is 4. The third-order valence-corrected chi connectivity index (χ3v) is 4.40. The van der Waals surface area contributed by atoms with Gasteiger partial charge < -0.3 is 5.32 Å². The Morgan fingerprint density at radius 3 is 2.50 bits per heavy atom. The number of nitrogens with one attached hydrogen (secondary N) is 1. The standard InChI is InChI=1S/C9H18FNO2S/c1-11-7-9(10)6-8-2-4-14(12,13)5-3-8/h8-9,11H,2-7H2,1H3. The molecule has 1 N–H and O–H groups in total. The van der Waals surface area contributed by atoms with Crippen LogP contribution in [0, 0.1) is 5.92 Å². The van der Waals surface area contributed by atoms with Crippen LogP contribution < -0.4 is 5.32 Å². The van der Waals surface area contributed by atoms with E-state index in [-0.39, 0.29) is 17.4 Å². The van der Waals surface area contributed by atoms with Crippen LogP contribution in [0.2, 0.25) is 0 Å². The summed E-state index contributed by atoms with van der Waals surface area (Å²) in [6, 6.07) is 0. The molecule has 1 aliphatic heterocycles. The van der Waals surface area contributed by atoms with Gasteiger partial charge in [-0.05, 0) is 32.2 Å². The van der Waals surface area contributed by atoms with Crippen molar-refractivity contribution in [3.05, 3.63) is 0 Å². The molecule has 0 aromatic heterocycles. The van der Waals surface area contributed by atoms with Crippen molar-refractivity contribution in [3.63, 3.8) is 0 Å². The molecule has 0 amide bonds. The molecule has 0 aromatic rings.